The molecule has 1 unspecified atom stereocenters. The number of aryl methyl sites for hydroxylation is 1. The number of nitriles is 1. The summed E-state index contributed by atoms with van der Waals surface area (Å²) in [7, 11) is 0. The van der Waals surface area contributed by atoms with E-state index in [-0.39, 0.29) is 24.1 Å². The Morgan fingerprint density at radius 1 is 1.36 bits per heavy atom. The first-order chi connectivity index (χ1) is 16.0. The van der Waals surface area contributed by atoms with Crippen LogP contribution in [0.1, 0.15) is 47.6 Å². The number of anilines is 2. The number of carbonyl (C=O) groups is 1. The van der Waals surface area contributed by atoms with Crippen molar-refractivity contribution in [2.45, 2.75) is 44.8 Å². The number of carbonyl (C=O) groups excluding carboxylic acids is 1. The Hall–Kier alpha value is -3.67. The summed E-state index contributed by atoms with van der Waals surface area (Å²) in [6.07, 6.45) is 3.44. The Kier molecular flexibility index (Phi) is 5.36. The van der Waals surface area contributed by atoms with Crippen molar-refractivity contribution in [1.29, 1.82) is 5.26 Å². The molecule has 2 aliphatic rings. The second kappa shape index (κ2) is 8.35. The van der Waals surface area contributed by atoms with Gasteiger partial charge in [-0.1, -0.05) is 0 Å². The number of aromatic amines is 1. The molecule has 1 saturated carbocycles. The predicted octanol–water partition coefficient (Wildman–Crippen LogP) is 3.83. The molecule has 0 bridgehead atoms. The number of amides is 1. The number of hydrogen-bond donors (Lipinski definition) is 2. The van der Waals surface area contributed by atoms with Gasteiger partial charge in [-0.05, 0) is 61.9 Å². The highest BCUT2D eigenvalue weighted by Crippen LogP contribution is 2.43. The van der Waals surface area contributed by atoms with Crippen LogP contribution in [0.3, 0.4) is 0 Å². The van der Waals surface area contributed by atoms with E-state index in [0.29, 0.717) is 53.3 Å². The molecule has 3 aromatic rings. The van der Waals surface area contributed by atoms with E-state index in [1.807, 2.05) is 19.1 Å². The largest absolute Gasteiger partial charge is 0.338 e. The lowest BCUT2D eigenvalue weighted by Crippen LogP contribution is -2.29. The minimum Gasteiger partial charge on any atom is -0.338 e. The van der Waals surface area contributed by atoms with Crippen molar-refractivity contribution in [3.63, 3.8) is 0 Å². The molecule has 8 nitrogen and oxygen atoms in total. The second-order valence-corrected chi connectivity index (χ2v) is 8.92. The van der Waals surface area contributed by atoms with Crippen LogP contribution >= 0.6 is 0 Å². The molecule has 1 amide bonds. The third-order valence-electron chi connectivity index (χ3n) is 6.55. The zero-order valence-corrected chi connectivity index (χ0v) is 18.3. The normalized spacial score (nSPS) is 18.9. The molecule has 2 N–H and O–H groups in total. The summed E-state index contributed by atoms with van der Waals surface area (Å²) in [5.74, 6) is 0.629. The summed E-state index contributed by atoms with van der Waals surface area (Å²) in [6.45, 7) is 2.40. The fourth-order valence-corrected chi connectivity index (χ4v) is 4.66. The van der Waals surface area contributed by atoms with Crippen LogP contribution in [0.5, 0.6) is 0 Å². The number of nitrogens with one attached hydrogen (secondary N) is 2. The van der Waals surface area contributed by atoms with Crippen LogP contribution in [0.25, 0.3) is 10.9 Å². The molecular weight excluding hydrogens is 423 g/mol. The molecule has 0 radical (unpaired) electrons. The number of rotatable bonds is 6. The lowest BCUT2D eigenvalue weighted by atomic mass is 10.1. The highest BCUT2D eigenvalue weighted by Gasteiger charge is 2.34. The molecule has 0 spiro atoms. The zero-order valence-electron chi connectivity index (χ0n) is 18.3. The van der Waals surface area contributed by atoms with Crippen LogP contribution in [0.15, 0.2) is 35.3 Å². The van der Waals surface area contributed by atoms with E-state index in [1.54, 1.807) is 27.9 Å². The Balaban J connectivity index is 1.47. The quantitative estimate of drug-likeness (QED) is 0.596. The topological polar surface area (TPSA) is 107 Å². The summed E-state index contributed by atoms with van der Waals surface area (Å²) in [4.78, 5) is 29.7. The minimum absolute atomic E-state index is 0.0728. The molecule has 3 heterocycles. The summed E-state index contributed by atoms with van der Waals surface area (Å²) in [6, 6.07) is 9.29. The van der Waals surface area contributed by atoms with Crippen molar-refractivity contribution >= 4 is 28.3 Å². The molecule has 170 valence electrons. The van der Waals surface area contributed by atoms with Gasteiger partial charge in [-0.2, -0.15) is 10.4 Å². The standard InChI is InChI=1S/C24H25FN6O2/c1-14-12-17(4-5-18(14)24(33)30-11-8-16(25)13-30)28-22-21-20(7-10-27-23(21)32)31(29-22)19(6-9-26)15-2-3-15/h4-5,7,10,12,15-16,19H,2-3,6,8,11,13H2,1H3,(H,27,32)(H,28,29)/t16?,19-/m0/s1. The molecule has 5 rings (SSSR count). The average molecular weight is 449 g/mol. The monoisotopic (exact) mass is 448 g/mol. The van der Waals surface area contributed by atoms with Crippen LogP contribution in [-0.2, 0) is 0 Å². The fraction of sp³-hybridized carbons (Fsp3) is 0.417. The van der Waals surface area contributed by atoms with E-state index in [0.717, 1.165) is 18.4 Å². The molecule has 1 aliphatic heterocycles. The van der Waals surface area contributed by atoms with Crippen LogP contribution in [0.4, 0.5) is 15.9 Å². The number of H-pyrrole nitrogens is 1. The Labute approximate surface area is 190 Å². The number of hydrogen-bond acceptors (Lipinski definition) is 5. The van der Waals surface area contributed by atoms with Crippen LogP contribution in [0.2, 0.25) is 0 Å². The number of alkyl halides is 1. The number of fused-ring (bicyclic) bond motifs is 1. The molecule has 9 heteroatoms. The summed E-state index contributed by atoms with van der Waals surface area (Å²) < 4.78 is 15.3. The maximum absolute atomic E-state index is 13.5. The summed E-state index contributed by atoms with van der Waals surface area (Å²) >= 11 is 0. The van der Waals surface area contributed by atoms with E-state index >= 15 is 0 Å². The van der Waals surface area contributed by atoms with E-state index < -0.39 is 6.17 Å². The van der Waals surface area contributed by atoms with Gasteiger partial charge >= 0.3 is 0 Å². The van der Waals surface area contributed by atoms with Crippen molar-refractivity contribution in [1.82, 2.24) is 19.7 Å². The first-order valence-corrected chi connectivity index (χ1v) is 11.2. The van der Waals surface area contributed by atoms with Gasteiger partial charge < -0.3 is 15.2 Å². The van der Waals surface area contributed by atoms with Crippen molar-refractivity contribution in [3.8, 4) is 6.07 Å². The molecule has 2 aromatic heterocycles. The predicted molar refractivity (Wildman–Crippen MR) is 122 cm³/mol. The Bertz CT molecular complexity index is 1320. The first-order valence-electron chi connectivity index (χ1n) is 11.2. The average Bonchev–Trinajstić information content (AvgIpc) is 3.44. The van der Waals surface area contributed by atoms with Crippen LogP contribution < -0.4 is 10.9 Å². The number of aromatic nitrogens is 3. The van der Waals surface area contributed by atoms with Gasteiger partial charge in [0.05, 0.1) is 30.6 Å². The van der Waals surface area contributed by atoms with E-state index in [1.165, 1.54) is 0 Å². The number of benzene rings is 1. The maximum atomic E-state index is 13.5. The smallest absolute Gasteiger partial charge is 0.261 e. The van der Waals surface area contributed by atoms with Gasteiger partial charge in [0, 0.05) is 24.0 Å². The Morgan fingerprint density at radius 2 is 2.18 bits per heavy atom. The van der Waals surface area contributed by atoms with Crippen molar-refractivity contribution in [2.24, 2.45) is 5.92 Å². The highest BCUT2D eigenvalue weighted by molar-refractivity contribution is 5.97. The van der Waals surface area contributed by atoms with Crippen molar-refractivity contribution in [3.05, 3.63) is 51.9 Å². The third-order valence-corrected chi connectivity index (χ3v) is 6.55. The first kappa shape index (κ1) is 21.2. The third kappa shape index (κ3) is 3.97. The highest BCUT2D eigenvalue weighted by atomic mass is 19.1. The number of nitrogens with zero attached hydrogens (tertiary/aromatic N) is 4. The van der Waals surface area contributed by atoms with E-state index in [4.69, 9.17) is 5.10 Å². The second-order valence-electron chi connectivity index (χ2n) is 8.92. The SMILES string of the molecule is Cc1cc(Nc2nn([C@@H](CC#N)C3CC3)c3cc[nH]c(=O)c23)ccc1C(=O)N1CCC(F)C1. The number of likely N-dealkylation sites (tertiary alicyclic amines) is 1. The van der Waals surface area contributed by atoms with Crippen LogP contribution in [0, 0.1) is 24.2 Å². The van der Waals surface area contributed by atoms with Crippen LogP contribution in [-0.4, -0.2) is 44.8 Å². The van der Waals surface area contributed by atoms with Gasteiger partial charge in [0.15, 0.2) is 5.82 Å². The van der Waals surface area contributed by atoms with Gasteiger partial charge in [-0.3, -0.25) is 14.3 Å². The summed E-state index contributed by atoms with van der Waals surface area (Å²) in [5, 5.41) is 17.7. The Morgan fingerprint density at radius 3 is 2.85 bits per heavy atom. The molecular formula is C24H25FN6O2. The van der Waals surface area contributed by atoms with Gasteiger partial charge in [-0.25, -0.2) is 4.39 Å². The van der Waals surface area contributed by atoms with E-state index in [2.05, 4.69) is 16.4 Å². The fourth-order valence-electron chi connectivity index (χ4n) is 4.66. The molecule has 1 aromatic carbocycles. The number of halogens is 1. The minimum atomic E-state index is -0.961. The van der Waals surface area contributed by atoms with Gasteiger partial charge in [0.2, 0.25) is 0 Å². The summed E-state index contributed by atoms with van der Waals surface area (Å²) in [5.41, 5.74) is 2.40. The molecule has 1 saturated heterocycles. The van der Waals surface area contributed by atoms with Gasteiger partial charge in [0.25, 0.3) is 11.5 Å². The molecule has 2 atom stereocenters. The zero-order chi connectivity index (χ0) is 23.1. The van der Waals surface area contributed by atoms with Gasteiger partial charge in [-0.15, -0.1) is 0 Å². The van der Waals surface area contributed by atoms with E-state index in [9.17, 15) is 19.2 Å². The molecule has 33 heavy (non-hydrogen) atoms. The lowest BCUT2D eigenvalue weighted by molar-refractivity contribution is 0.0782. The molecule has 2 fully saturated rings. The van der Waals surface area contributed by atoms with Crippen molar-refractivity contribution in [2.75, 3.05) is 18.4 Å². The van der Waals surface area contributed by atoms with Gasteiger partial charge in [0.1, 0.15) is 11.6 Å². The molecule has 1 aliphatic carbocycles. The number of pyridine rings is 1. The van der Waals surface area contributed by atoms with Crippen molar-refractivity contribution < 1.29 is 9.18 Å². The maximum Gasteiger partial charge on any atom is 0.261 e. The lowest BCUT2D eigenvalue weighted by Gasteiger charge is -2.17.